The number of hydrogen-bond acceptors (Lipinski definition) is 4. The first kappa shape index (κ1) is 18.0. The van der Waals surface area contributed by atoms with Gasteiger partial charge in [-0.05, 0) is 36.4 Å². The Morgan fingerprint density at radius 3 is 1.67 bits per heavy atom. The Morgan fingerprint density at radius 2 is 1.07 bits per heavy atom. The Bertz CT molecular complexity index is 1120. The molecular weight excluding hydrogens is 370 g/mol. The van der Waals surface area contributed by atoms with Crippen LogP contribution in [0.25, 0.3) is 0 Å². The van der Waals surface area contributed by atoms with E-state index in [2.05, 4.69) is 29.2 Å². The molecule has 1 aliphatic rings. The minimum Gasteiger partial charge on any atom is -0.450 e. The van der Waals surface area contributed by atoms with Gasteiger partial charge in [0.2, 0.25) is 0 Å². The van der Waals surface area contributed by atoms with E-state index >= 15 is 0 Å². The molecular formula is C26H21N3O. The maximum atomic E-state index is 6.50. The number of hydrogen-bond donors (Lipinski definition) is 0. The third-order valence-corrected chi connectivity index (χ3v) is 4.93. The summed E-state index contributed by atoms with van der Waals surface area (Å²) in [6.07, 6.45) is -0.465. The summed E-state index contributed by atoms with van der Waals surface area (Å²) < 4.78 is 6.50. The van der Waals surface area contributed by atoms with E-state index in [0.717, 1.165) is 28.5 Å². The molecule has 0 aliphatic carbocycles. The van der Waals surface area contributed by atoms with Crippen LogP contribution < -0.4 is 14.6 Å². The van der Waals surface area contributed by atoms with E-state index in [1.807, 2.05) is 102 Å². The Morgan fingerprint density at radius 1 is 0.567 bits per heavy atom. The lowest BCUT2D eigenvalue weighted by Crippen LogP contribution is -2.47. The van der Waals surface area contributed by atoms with Crippen molar-refractivity contribution in [3.8, 4) is 5.75 Å². The van der Waals surface area contributed by atoms with Gasteiger partial charge in [0.15, 0.2) is 5.84 Å². The summed E-state index contributed by atoms with van der Waals surface area (Å²) in [7, 11) is 0. The Kier molecular flexibility index (Phi) is 4.88. The molecule has 4 nitrogen and oxygen atoms in total. The van der Waals surface area contributed by atoms with Crippen LogP contribution in [0.1, 0.15) is 5.56 Å². The fourth-order valence-electron chi connectivity index (χ4n) is 3.53. The topological polar surface area (TPSA) is 28.1 Å². The van der Waals surface area contributed by atoms with Gasteiger partial charge >= 0.3 is 0 Å². The van der Waals surface area contributed by atoms with Gasteiger partial charge in [-0.3, -0.25) is 4.90 Å². The second-order valence-electron chi connectivity index (χ2n) is 6.93. The first-order valence-corrected chi connectivity index (χ1v) is 9.94. The molecule has 0 bridgehead atoms. The highest BCUT2D eigenvalue weighted by Crippen LogP contribution is 2.33. The Balaban J connectivity index is 1.65. The highest BCUT2D eigenvalue weighted by atomic mass is 16.5. The van der Waals surface area contributed by atoms with Crippen molar-refractivity contribution in [1.82, 2.24) is 0 Å². The van der Waals surface area contributed by atoms with E-state index in [1.165, 1.54) is 0 Å². The van der Waals surface area contributed by atoms with E-state index in [9.17, 15) is 0 Å². The number of hydrazone groups is 1. The average molecular weight is 391 g/mol. The molecule has 0 aromatic heterocycles. The van der Waals surface area contributed by atoms with Crippen molar-refractivity contribution >= 4 is 17.2 Å². The molecule has 0 N–H and O–H groups in total. The molecule has 5 rings (SSSR count). The largest absolute Gasteiger partial charge is 0.450 e. The van der Waals surface area contributed by atoms with E-state index in [-0.39, 0.29) is 0 Å². The summed E-state index contributed by atoms with van der Waals surface area (Å²) in [6.45, 7) is 0. The average Bonchev–Trinajstić information content (AvgIpc) is 3.20. The second kappa shape index (κ2) is 8.13. The van der Waals surface area contributed by atoms with Crippen LogP contribution in [-0.4, -0.2) is 12.2 Å². The van der Waals surface area contributed by atoms with Gasteiger partial charge < -0.3 is 4.74 Å². The molecule has 30 heavy (non-hydrogen) atoms. The van der Waals surface area contributed by atoms with Crippen LogP contribution in [-0.2, 0) is 0 Å². The maximum Gasteiger partial charge on any atom is 0.278 e. The first-order valence-electron chi connectivity index (χ1n) is 9.94. The molecule has 1 unspecified atom stereocenters. The number of nitrogens with zero attached hydrogens (tertiary/aromatic N) is 3. The van der Waals surface area contributed by atoms with Gasteiger partial charge in [-0.2, -0.15) is 0 Å². The fourth-order valence-corrected chi connectivity index (χ4v) is 3.53. The van der Waals surface area contributed by atoms with Gasteiger partial charge in [0.05, 0.1) is 5.69 Å². The molecule has 0 amide bonds. The van der Waals surface area contributed by atoms with E-state index in [1.54, 1.807) is 0 Å². The highest BCUT2D eigenvalue weighted by Gasteiger charge is 2.38. The molecule has 0 saturated carbocycles. The quantitative estimate of drug-likeness (QED) is 0.434. The lowest BCUT2D eigenvalue weighted by Gasteiger charge is -2.31. The normalized spacial score (nSPS) is 15.7. The summed E-state index contributed by atoms with van der Waals surface area (Å²) >= 11 is 0. The van der Waals surface area contributed by atoms with Crippen LogP contribution in [0, 0.1) is 0 Å². The van der Waals surface area contributed by atoms with Gasteiger partial charge in [-0.15, -0.1) is 5.10 Å². The molecule has 1 atom stereocenters. The highest BCUT2D eigenvalue weighted by molar-refractivity contribution is 6.12. The smallest absolute Gasteiger partial charge is 0.278 e. The lowest BCUT2D eigenvalue weighted by atomic mass is 10.2. The van der Waals surface area contributed by atoms with Gasteiger partial charge in [-0.25, -0.2) is 5.01 Å². The van der Waals surface area contributed by atoms with Gasteiger partial charge in [0, 0.05) is 11.3 Å². The molecule has 1 aliphatic heterocycles. The predicted octanol–water partition coefficient (Wildman–Crippen LogP) is 5.74. The number of benzene rings is 4. The third kappa shape index (κ3) is 3.51. The maximum absolute atomic E-state index is 6.50. The van der Waals surface area contributed by atoms with Crippen LogP contribution in [0.15, 0.2) is 126 Å². The second-order valence-corrected chi connectivity index (χ2v) is 6.93. The van der Waals surface area contributed by atoms with Crippen molar-refractivity contribution in [3.63, 3.8) is 0 Å². The van der Waals surface area contributed by atoms with Crippen molar-refractivity contribution in [3.05, 3.63) is 127 Å². The third-order valence-electron chi connectivity index (χ3n) is 4.93. The summed E-state index contributed by atoms with van der Waals surface area (Å²) in [4.78, 5) is 2.13. The predicted molar refractivity (Wildman–Crippen MR) is 122 cm³/mol. The van der Waals surface area contributed by atoms with E-state index in [0.29, 0.717) is 0 Å². The van der Waals surface area contributed by atoms with Crippen LogP contribution in [0.3, 0.4) is 0 Å². The summed E-state index contributed by atoms with van der Waals surface area (Å²) in [6, 6.07) is 40.4. The lowest BCUT2D eigenvalue weighted by molar-refractivity contribution is 0.214. The fraction of sp³-hybridized carbons (Fsp3) is 0.0385. The van der Waals surface area contributed by atoms with Crippen LogP contribution in [0.4, 0.5) is 11.4 Å². The molecule has 4 heteroatoms. The minimum atomic E-state index is -0.465. The molecule has 0 saturated heterocycles. The molecule has 0 spiro atoms. The van der Waals surface area contributed by atoms with Crippen molar-refractivity contribution in [2.24, 2.45) is 5.10 Å². The molecule has 1 heterocycles. The molecule has 4 aromatic rings. The molecule has 0 radical (unpaired) electrons. The number of anilines is 2. The van der Waals surface area contributed by atoms with Gasteiger partial charge in [0.25, 0.3) is 6.35 Å². The van der Waals surface area contributed by atoms with Crippen molar-refractivity contribution < 1.29 is 4.74 Å². The van der Waals surface area contributed by atoms with Gasteiger partial charge in [0.1, 0.15) is 5.75 Å². The van der Waals surface area contributed by atoms with Crippen molar-refractivity contribution in [2.45, 2.75) is 6.35 Å². The Hall–Kier alpha value is -4.05. The summed E-state index contributed by atoms with van der Waals surface area (Å²) in [5.74, 6) is 1.63. The number of ether oxygens (including phenoxy) is 1. The zero-order valence-electron chi connectivity index (χ0n) is 16.4. The standard InChI is InChI=1S/C26H21N3O/c1-5-13-21(14-6-1)25-27-29(23-17-9-3-10-18-23)26(30-24-19-11-4-12-20-24)28(25)22-15-7-2-8-16-22/h1-20,26H. The molecule has 0 fully saturated rings. The van der Waals surface area contributed by atoms with Gasteiger partial charge in [-0.1, -0.05) is 84.9 Å². The monoisotopic (exact) mass is 391 g/mol. The Labute approximate surface area is 176 Å². The van der Waals surface area contributed by atoms with Crippen molar-refractivity contribution in [2.75, 3.05) is 9.91 Å². The molecule has 4 aromatic carbocycles. The van der Waals surface area contributed by atoms with E-state index in [4.69, 9.17) is 9.84 Å². The van der Waals surface area contributed by atoms with Crippen LogP contribution >= 0.6 is 0 Å². The number of para-hydroxylation sites is 3. The zero-order chi connectivity index (χ0) is 20.2. The first-order chi connectivity index (χ1) is 14.9. The SMILES string of the molecule is c1ccc(OC2N(c3ccccc3)N=C(c3ccccc3)N2c2ccccc2)cc1. The number of amidine groups is 1. The zero-order valence-corrected chi connectivity index (χ0v) is 16.4. The van der Waals surface area contributed by atoms with Crippen LogP contribution in [0.5, 0.6) is 5.75 Å². The number of rotatable bonds is 5. The van der Waals surface area contributed by atoms with E-state index < -0.39 is 6.35 Å². The molecule has 146 valence electrons. The summed E-state index contributed by atoms with van der Waals surface area (Å²) in [5.41, 5.74) is 3.01. The minimum absolute atomic E-state index is 0.465. The summed E-state index contributed by atoms with van der Waals surface area (Å²) in [5, 5.41) is 6.95. The van der Waals surface area contributed by atoms with Crippen molar-refractivity contribution in [1.29, 1.82) is 0 Å². The van der Waals surface area contributed by atoms with Crippen LogP contribution in [0.2, 0.25) is 0 Å².